The first kappa shape index (κ1) is 20.5. The number of rotatable bonds is 6. The van der Waals surface area contributed by atoms with Crippen molar-refractivity contribution in [3.05, 3.63) is 52.2 Å². The van der Waals surface area contributed by atoms with Gasteiger partial charge in [-0.2, -0.15) is 0 Å². The molecule has 1 saturated heterocycles. The van der Waals surface area contributed by atoms with E-state index in [1.165, 1.54) is 35.5 Å². The van der Waals surface area contributed by atoms with Crippen LogP contribution in [0.1, 0.15) is 32.9 Å². The number of hydrogen-bond donors (Lipinski definition) is 1. The van der Waals surface area contributed by atoms with Crippen molar-refractivity contribution in [1.82, 2.24) is 4.90 Å². The maximum absolute atomic E-state index is 12.5. The lowest BCUT2D eigenvalue weighted by molar-refractivity contribution is -0.151. The quantitative estimate of drug-likeness (QED) is 0.725. The molecule has 2 amide bonds. The summed E-state index contributed by atoms with van der Waals surface area (Å²) < 4.78 is 9.73. The van der Waals surface area contributed by atoms with Gasteiger partial charge in [0.25, 0.3) is 11.8 Å². The highest BCUT2D eigenvalue weighted by Crippen LogP contribution is 2.23. The van der Waals surface area contributed by atoms with Crippen LogP contribution in [0.5, 0.6) is 0 Å². The summed E-state index contributed by atoms with van der Waals surface area (Å²) in [4.78, 5) is 50.4. The molecule has 0 bridgehead atoms. The highest BCUT2D eigenvalue weighted by Gasteiger charge is 2.36. The molecule has 0 saturated carbocycles. The number of carbonyl (C=O) groups excluding carboxylic acids is 4. The van der Waals surface area contributed by atoms with Crippen LogP contribution in [-0.2, 0) is 19.1 Å². The third-order valence-electron chi connectivity index (χ3n) is 4.45. The lowest BCUT2D eigenvalue weighted by Gasteiger charge is -2.22. The van der Waals surface area contributed by atoms with Gasteiger partial charge in [0.15, 0.2) is 6.61 Å². The number of methoxy groups -OCH3 is 1. The van der Waals surface area contributed by atoms with Gasteiger partial charge < -0.3 is 19.7 Å². The van der Waals surface area contributed by atoms with E-state index in [2.05, 4.69) is 10.1 Å². The second kappa shape index (κ2) is 9.33. The highest BCUT2D eigenvalue weighted by molar-refractivity contribution is 7.12. The number of amides is 2. The summed E-state index contributed by atoms with van der Waals surface area (Å²) in [5, 5.41) is 4.39. The summed E-state index contributed by atoms with van der Waals surface area (Å²) in [6.45, 7) is 0.0182. The zero-order valence-electron chi connectivity index (χ0n) is 15.8. The number of nitrogens with zero attached hydrogens (tertiary/aromatic N) is 1. The van der Waals surface area contributed by atoms with Crippen molar-refractivity contribution < 1.29 is 28.7 Å². The van der Waals surface area contributed by atoms with Crippen molar-refractivity contribution in [2.75, 3.05) is 25.6 Å². The summed E-state index contributed by atoms with van der Waals surface area (Å²) in [7, 11) is 1.28. The second-order valence-corrected chi connectivity index (χ2v) is 7.31. The zero-order chi connectivity index (χ0) is 20.8. The normalized spacial score (nSPS) is 15.6. The third-order valence-corrected chi connectivity index (χ3v) is 5.31. The molecule has 1 aliphatic heterocycles. The Kier molecular flexibility index (Phi) is 6.61. The van der Waals surface area contributed by atoms with Crippen molar-refractivity contribution in [2.45, 2.75) is 18.9 Å². The molecular weight excluding hydrogens is 396 g/mol. The monoisotopic (exact) mass is 416 g/mol. The van der Waals surface area contributed by atoms with Gasteiger partial charge in [0, 0.05) is 12.2 Å². The van der Waals surface area contributed by atoms with Gasteiger partial charge in [-0.05, 0) is 48.6 Å². The Morgan fingerprint density at radius 3 is 2.59 bits per heavy atom. The standard InChI is InChI=1S/C20H20N2O6S/c1-27-19(25)13-6-8-14(9-7-13)21-17(23)12-28-20(26)15-4-2-10-22(15)18(24)16-5-3-11-29-16/h3,5-9,11,15H,2,4,10,12H2,1H3,(H,21,23). The van der Waals surface area contributed by atoms with Crippen molar-refractivity contribution >= 4 is 40.8 Å². The first-order chi connectivity index (χ1) is 14.0. The van der Waals surface area contributed by atoms with Gasteiger partial charge in [-0.3, -0.25) is 9.59 Å². The first-order valence-electron chi connectivity index (χ1n) is 8.99. The number of carbonyl (C=O) groups is 4. The fourth-order valence-electron chi connectivity index (χ4n) is 3.03. The maximum atomic E-state index is 12.5. The van der Waals surface area contributed by atoms with Gasteiger partial charge in [0.05, 0.1) is 17.6 Å². The van der Waals surface area contributed by atoms with Gasteiger partial charge in [0.1, 0.15) is 6.04 Å². The summed E-state index contributed by atoms with van der Waals surface area (Å²) >= 11 is 1.32. The molecule has 1 atom stereocenters. The summed E-state index contributed by atoms with van der Waals surface area (Å²) in [6, 6.07) is 8.93. The van der Waals surface area contributed by atoms with Gasteiger partial charge in [-0.15, -0.1) is 11.3 Å². The molecule has 9 heteroatoms. The number of likely N-dealkylation sites (tertiary alicyclic amines) is 1. The number of thiophene rings is 1. The van der Waals surface area contributed by atoms with E-state index >= 15 is 0 Å². The van der Waals surface area contributed by atoms with E-state index in [9.17, 15) is 19.2 Å². The molecule has 1 aliphatic rings. The van der Waals surface area contributed by atoms with E-state index in [-0.39, 0.29) is 5.91 Å². The molecule has 1 unspecified atom stereocenters. The molecule has 2 aromatic rings. The molecule has 1 fully saturated rings. The molecule has 29 heavy (non-hydrogen) atoms. The number of hydrogen-bond acceptors (Lipinski definition) is 7. The lowest BCUT2D eigenvalue weighted by Crippen LogP contribution is -2.41. The molecule has 8 nitrogen and oxygen atoms in total. The SMILES string of the molecule is COC(=O)c1ccc(NC(=O)COC(=O)C2CCCN2C(=O)c2cccs2)cc1. The molecule has 1 aromatic heterocycles. The number of nitrogens with one attached hydrogen (secondary N) is 1. The second-order valence-electron chi connectivity index (χ2n) is 6.36. The molecule has 3 rings (SSSR count). The number of anilines is 1. The minimum Gasteiger partial charge on any atom is -0.465 e. The van der Waals surface area contributed by atoms with Crippen molar-refractivity contribution in [3.63, 3.8) is 0 Å². The van der Waals surface area contributed by atoms with E-state index in [1.807, 2.05) is 0 Å². The molecule has 0 radical (unpaired) electrons. The fourth-order valence-corrected chi connectivity index (χ4v) is 3.71. The summed E-state index contributed by atoms with van der Waals surface area (Å²) in [5.41, 5.74) is 0.808. The van der Waals surface area contributed by atoms with E-state index < -0.39 is 30.5 Å². The van der Waals surface area contributed by atoms with Crippen molar-refractivity contribution in [3.8, 4) is 0 Å². The highest BCUT2D eigenvalue weighted by atomic mass is 32.1. The Balaban J connectivity index is 1.51. The van der Waals surface area contributed by atoms with Gasteiger partial charge >= 0.3 is 11.9 Å². The summed E-state index contributed by atoms with van der Waals surface area (Å²) in [6.07, 6.45) is 1.21. The van der Waals surface area contributed by atoms with E-state index in [1.54, 1.807) is 29.6 Å². The van der Waals surface area contributed by atoms with Crippen molar-refractivity contribution in [1.29, 1.82) is 0 Å². The molecule has 1 aromatic carbocycles. The molecule has 0 aliphatic carbocycles. The third kappa shape index (κ3) is 5.00. The van der Waals surface area contributed by atoms with Crippen LogP contribution >= 0.6 is 11.3 Å². The molecule has 0 spiro atoms. The fraction of sp³-hybridized carbons (Fsp3) is 0.300. The van der Waals surface area contributed by atoms with Crippen LogP contribution in [-0.4, -0.2) is 55.0 Å². The largest absolute Gasteiger partial charge is 0.465 e. The van der Waals surface area contributed by atoms with Crippen LogP contribution in [0.15, 0.2) is 41.8 Å². The van der Waals surface area contributed by atoms with E-state index in [0.29, 0.717) is 35.5 Å². The van der Waals surface area contributed by atoms with Gasteiger partial charge in [-0.1, -0.05) is 6.07 Å². The van der Waals surface area contributed by atoms with Crippen LogP contribution in [0.25, 0.3) is 0 Å². The number of benzene rings is 1. The lowest BCUT2D eigenvalue weighted by atomic mass is 10.2. The van der Waals surface area contributed by atoms with Crippen molar-refractivity contribution in [2.24, 2.45) is 0 Å². The minimum atomic E-state index is -0.684. The first-order valence-corrected chi connectivity index (χ1v) is 9.87. The molecule has 2 heterocycles. The number of esters is 2. The zero-order valence-corrected chi connectivity index (χ0v) is 16.6. The predicted molar refractivity (Wildman–Crippen MR) is 106 cm³/mol. The Labute approximate surface area is 171 Å². The average molecular weight is 416 g/mol. The average Bonchev–Trinajstić information content (AvgIpc) is 3.43. The van der Waals surface area contributed by atoms with Gasteiger partial charge in [0.2, 0.25) is 0 Å². The Morgan fingerprint density at radius 1 is 1.17 bits per heavy atom. The number of ether oxygens (including phenoxy) is 2. The van der Waals surface area contributed by atoms with Crippen LogP contribution in [0, 0.1) is 0 Å². The van der Waals surface area contributed by atoms with E-state index in [0.717, 1.165) is 0 Å². The smallest absolute Gasteiger partial charge is 0.337 e. The minimum absolute atomic E-state index is 0.199. The summed E-state index contributed by atoms with van der Waals surface area (Å²) in [5.74, 6) is -1.79. The van der Waals surface area contributed by atoms with E-state index in [4.69, 9.17) is 4.74 Å². The Bertz CT molecular complexity index is 894. The molecule has 152 valence electrons. The van der Waals surface area contributed by atoms with Crippen LogP contribution in [0.2, 0.25) is 0 Å². The van der Waals surface area contributed by atoms with Crippen LogP contribution < -0.4 is 5.32 Å². The van der Waals surface area contributed by atoms with Crippen LogP contribution in [0.4, 0.5) is 5.69 Å². The Hall–Kier alpha value is -3.20. The predicted octanol–water partition coefficient (Wildman–Crippen LogP) is 2.32. The van der Waals surface area contributed by atoms with Gasteiger partial charge in [-0.25, -0.2) is 9.59 Å². The molecular formula is C20H20N2O6S. The van der Waals surface area contributed by atoms with Crippen LogP contribution in [0.3, 0.4) is 0 Å². The topological polar surface area (TPSA) is 102 Å². The maximum Gasteiger partial charge on any atom is 0.337 e. The Morgan fingerprint density at radius 2 is 1.93 bits per heavy atom. The molecule has 1 N–H and O–H groups in total.